The topological polar surface area (TPSA) is 134 Å². The highest BCUT2D eigenvalue weighted by molar-refractivity contribution is 14.1. The minimum Gasteiger partial charge on any atom is -0.507 e. The van der Waals surface area contributed by atoms with Crippen LogP contribution in [0.3, 0.4) is 0 Å². The molecule has 4 N–H and O–H groups in total. The zero-order valence-corrected chi connectivity index (χ0v) is 23.6. The van der Waals surface area contributed by atoms with E-state index in [4.69, 9.17) is 4.42 Å². The lowest BCUT2D eigenvalue weighted by atomic mass is 10.1. The molecule has 2 heterocycles. The molecule has 0 atom stereocenters. The van der Waals surface area contributed by atoms with Crippen LogP contribution >= 0.6 is 22.6 Å². The molecule has 0 aliphatic rings. The monoisotopic (exact) mass is 649 g/mol. The molecule has 5 rings (SSSR count). The van der Waals surface area contributed by atoms with E-state index in [-0.39, 0.29) is 11.3 Å². The molecule has 3 aromatic carbocycles. The van der Waals surface area contributed by atoms with Crippen molar-refractivity contribution in [3.63, 3.8) is 0 Å². The fourth-order valence-electron chi connectivity index (χ4n) is 4.51. The van der Waals surface area contributed by atoms with Gasteiger partial charge in [-0.05, 0) is 65.1 Å². The summed E-state index contributed by atoms with van der Waals surface area (Å²) in [6.07, 6.45) is 0.771. The molecule has 0 fully saturated rings. The van der Waals surface area contributed by atoms with Crippen molar-refractivity contribution >= 4 is 62.7 Å². The van der Waals surface area contributed by atoms with Gasteiger partial charge < -0.3 is 29.8 Å². The first kappa shape index (κ1) is 27.0. The van der Waals surface area contributed by atoms with Crippen LogP contribution in [0.1, 0.15) is 23.0 Å². The van der Waals surface area contributed by atoms with Crippen LogP contribution < -0.4 is 10.6 Å². The lowest BCUT2D eigenvalue weighted by Gasteiger charge is -2.10. The maximum Gasteiger partial charge on any atom is 0.339 e. The van der Waals surface area contributed by atoms with Gasteiger partial charge in [-0.2, -0.15) is 0 Å². The number of nitrogens with one attached hydrogen (secondary N) is 2. The Kier molecular flexibility index (Phi) is 7.35. The Morgan fingerprint density at radius 3 is 2.12 bits per heavy atom. The van der Waals surface area contributed by atoms with Crippen LogP contribution in [-0.4, -0.2) is 32.6 Å². The number of nitrogens with zero attached hydrogens (tertiary/aromatic N) is 1. The third-order valence-corrected chi connectivity index (χ3v) is 7.59. The van der Waals surface area contributed by atoms with Crippen LogP contribution in [0.15, 0.2) is 77.2 Å². The van der Waals surface area contributed by atoms with E-state index in [1.165, 1.54) is 12.1 Å². The zero-order valence-electron chi connectivity index (χ0n) is 21.5. The van der Waals surface area contributed by atoms with E-state index in [1.54, 1.807) is 43.4 Å². The fourth-order valence-corrected chi connectivity index (χ4v) is 5.62. The van der Waals surface area contributed by atoms with Crippen molar-refractivity contribution in [3.8, 4) is 28.3 Å². The summed E-state index contributed by atoms with van der Waals surface area (Å²) < 4.78 is 8.40. The second kappa shape index (κ2) is 10.9. The van der Waals surface area contributed by atoms with Gasteiger partial charge in [-0.15, -0.1) is 0 Å². The zero-order chi connectivity index (χ0) is 28.6. The third kappa shape index (κ3) is 5.17. The SMILES string of the molecule is CCc1ccc(-c2cccc(NC(=O)C(=O)Nc3cccc(-c4c(I)c5cc(C(=O)O)c(O)cc5n4C)c3)c2)o1. The second-order valence-electron chi connectivity index (χ2n) is 9.10. The Labute approximate surface area is 242 Å². The number of rotatable bonds is 6. The second-order valence-corrected chi connectivity index (χ2v) is 10.2. The van der Waals surface area contributed by atoms with Crippen molar-refractivity contribution in [2.45, 2.75) is 13.3 Å². The van der Waals surface area contributed by atoms with Crippen molar-refractivity contribution in [1.29, 1.82) is 0 Å². The summed E-state index contributed by atoms with van der Waals surface area (Å²) in [7, 11) is 1.80. The van der Waals surface area contributed by atoms with Crippen LogP contribution in [0.4, 0.5) is 11.4 Å². The number of aromatic carboxylic acids is 1. The molecule has 0 radical (unpaired) electrons. The third-order valence-electron chi connectivity index (χ3n) is 6.50. The first-order valence-corrected chi connectivity index (χ1v) is 13.4. The van der Waals surface area contributed by atoms with Crippen LogP contribution in [-0.2, 0) is 23.1 Å². The number of carboxylic acids is 1. The van der Waals surface area contributed by atoms with E-state index in [2.05, 4.69) is 33.2 Å². The largest absolute Gasteiger partial charge is 0.507 e. The van der Waals surface area contributed by atoms with E-state index in [0.29, 0.717) is 28.0 Å². The molecule has 0 saturated carbocycles. The average Bonchev–Trinajstić information content (AvgIpc) is 3.51. The number of aromatic hydroxyl groups is 1. The minimum absolute atomic E-state index is 0.185. The van der Waals surface area contributed by atoms with Crippen molar-refractivity contribution in [2.75, 3.05) is 10.6 Å². The van der Waals surface area contributed by atoms with Crippen LogP contribution in [0, 0.1) is 3.57 Å². The lowest BCUT2D eigenvalue weighted by molar-refractivity contribution is -0.132. The van der Waals surface area contributed by atoms with Crippen LogP contribution in [0.25, 0.3) is 33.5 Å². The maximum absolute atomic E-state index is 12.7. The van der Waals surface area contributed by atoms with Gasteiger partial charge in [0, 0.05) is 51.0 Å². The summed E-state index contributed by atoms with van der Waals surface area (Å²) in [6, 6.07) is 20.7. The minimum atomic E-state index is -1.22. The van der Waals surface area contributed by atoms with E-state index < -0.39 is 17.8 Å². The number of hydrogen-bond acceptors (Lipinski definition) is 5. The van der Waals surface area contributed by atoms with Gasteiger partial charge in [-0.25, -0.2) is 4.79 Å². The first-order valence-electron chi connectivity index (χ1n) is 12.3. The van der Waals surface area contributed by atoms with E-state index >= 15 is 0 Å². The fraction of sp³-hybridized carbons (Fsp3) is 0.100. The predicted octanol–water partition coefficient (Wildman–Crippen LogP) is 6.25. The molecule has 0 unspecified atom stereocenters. The molecule has 0 bridgehead atoms. The van der Waals surface area contributed by atoms with Gasteiger partial charge in [0.1, 0.15) is 22.8 Å². The summed E-state index contributed by atoms with van der Waals surface area (Å²) in [5.74, 6) is -1.68. The number of halogens is 1. The Hall–Kier alpha value is -4.58. The normalized spacial score (nSPS) is 11.0. The van der Waals surface area contributed by atoms with Crippen LogP contribution in [0.5, 0.6) is 5.75 Å². The highest BCUT2D eigenvalue weighted by Gasteiger charge is 2.21. The molecular weight excluding hydrogens is 625 g/mol. The number of furan rings is 1. The molecule has 2 aromatic heterocycles. The van der Waals surface area contributed by atoms with E-state index in [1.807, 2.05) is 35.8 Å². The van der Waals surface area contributed by atoms with Crippen LogP contribution in [0.2, 0.25) is 0 Å². The number of aromatic nitrogens is 1. The molecule has 9 nitrogen and oxygen atoms in total. The van der Waals surface area contributed by atoms with Gasteiger partial charge in [0.2, 0.25) is 0 Å². The van der Waals surface area contributed by atoms with E-state index in [0.717, 1.165) is 32.6 Å². The molecular formula is C30H24IN3O6. The maximum atomic E-state index is 12.7. The number of carbonyl (C=O) groups excluding carboxylic acids is 2. The molecule has 0 spiro atoms. The van der Waals surface area contributed by atoms with Gasteiger partial charge >= 0.3 is 17.8 Å². The molecule has 202 valence electrons. The lowest BCUT2D eigenvalue weighted by Crippen LogP contribution is -2.29. The number of carbonyl (C=O) groups is 3. The summed E-state index contributed by atoms with van der Waals surface area (Å²) >= 11 is 2.13. The number of benzene rings is 3. The quantitative estimate of drug-likeness (QED) is 0.127. The summed E-state index contributed by atoms with van der Waals surface area (Å²) in [5.41, 5.74) is 3.60. The Balaban J connectivity index is 1.35. The molecule has 2 amide bonds. The van der Waals surface area contributed by atoms with Gasteiger partial charge in [0.25, 0.3) is 0 Å². The molecule has 40 heavy (non-hydrogen) atoms. The number of carboxylic acid groups (broad SMARTS) is 1. The molecule has 0 saturated heterocycles. The number of aryl methyl sites for hydroxylation is 2. The van der Waals surface area contributed by atoms with Gasteiger partial charge in [0.05, 0.1) is 11.2 Å². The van der Waals surface area contributed by atoms with Crippen molar-refractivity contribution in [1.82, 2.24) is 4.57 Å². The highest BCUT2D eigenvalue weighted by Crippen LogP contribution is 2.37. The molecule has 10 heteroatoms. The number of hydrogen-bond donors (Lipinski definition) is 4. The Morgan fingerprint density at radius 1 is 0.900 bits per heavy atom. The summed E-state index contributed by atoms with van der Waals surface area (Å²) in [6.45, 7) is 2.00. The molecule has 5 aromatic rings. The highest BCUT2D eigenvalue weighted by atomic mass is 127. The molecule has 0 aliphatic heterocycles. The van der Waals surface area contributed by atoms with Crippen molar-refractivity contribution in [3.05, 3.63) is 87.7 Å². The number of phenols is 1. The van der Waals surface area contributed by atoms with Gasteiger partial charge in [-0.3, -0.25) is 9.59 Å². The number of fused-ring (bicyclic) bond motifs is 1. The van der Waals surface area contributed by atoms with Crippen molar-refractivity contribution < 1.29 is 29.0 Å². The number of amides is 2. The summed E-state index contributed by atoms with van der Waals surface area (Å²) in [5, 5.41) is 25.5. The van der Waals surface area contributed by atoms with E-state index in [9.17, 15) is 24.6 Å². The molecule has 0 aliphatic carbocycles. The Morgan fingerprint density at radius 2 is 1.52 bits per heavy atom. The summed E-state index contributed by atoms with van der Waals surface area (Å²) in [4.78, 5) is 36.9. The smallest absolute Gasteiger partial charge is 0.339 e. The Bertz CT molecular complexity index is 1800. The predicted molar refractivity (Wildman–Crippen MR) is 160 cm³/mol. The standard InChI is InChI=1S/C30H24IN3O6/c1-3-20-10-11-25(40-20)16-6-4-8-18(12-16)32-28(36)29(37)33-19-9-5-7-17(13-19)27-26(31)21-14-22(30(38)39)24(35)15-23(21)34(27)2/h4-15,35H,3H2,1-2H3,(H,32,36)(H,33,37)(H,38,39). The number of anilines is 2. The average molecular weight is 649 g/mol. The van der Waals surface area contributed by atoms with Gasteiger partial charge in [0.15, 0.2) is 0 Å². The first-order chi connectivity index (χ1) is 19.2. The van der Waals surface area contributed by atoms with Crippen molar-refractivity contribution in [2.24, 2.45) is 7.05 Å². The van der Waals surface area contributed by atoms with Gasteiger partial charge in [-0.1, -0.05) is 31.2 Å².